The van der Waals surface area contributed by atoms with Crippen LogP contribution in [0.5, 0.6) is 0 Å². The molecule has 0 bridgehead atoms. The molecule has 68 valence electrons. The van der Waals surface area contributed by atoms with E-state index in [1.54, 1.807) is 6.20 Å². The van der Waals surface area contributed by atoms with E-state index in [4.69, 9.17) is 15.3 Å². The van der Waals surface area contributed by atoms with Crippen molar-refractivity contribution in [3.8, 4) is 0 Å². The van der Waals surface area contributed by atoms with Gasteiger partial charge in [-0.05, 0) is 6.92 Å². The zero-order valence-corrected chi connectivity index (χ0v) is 7.62. The molecule has 1 heterocycles. The number of aromatic nitrogens is 1. The maximum absolute atomic E-state index is 8.92. The number of aliphatic hydroxyl groups excluding tert-OH is 1. The Bertz CT molecular complexity index is 213. The molecule has 0 aliphatic heterocycles. The zero-order chi connectivity index (χ0) is 8.97. The quantitative estimate of drug-likeness (QED) is 0.672. The lowest BCUT2D eigenvalue weighted by atomic mass is 10.3. The van der Waals surface area contributed by atoms with E-state index >= 15 is 0 Å². The van der Waals surface area contributed by atoms with Crippen LogP contribution in [-0.2, 0) is 0 Å². The summed E-state index contributed by atoms with van der Waals surface area (Å²) in [6.07, 6.45) is 3.07. The topological polar surface area (TPSA) is 72.3 Å². The van der Waals surface area contributed by atoms with Crippen LogP contribution in [0.1, 0.15) is 6.92 Å². The van der Waals surface area contributed by atoms with Crippen molar-refractivity contribution in [3.05, 3.63) is 12.5 Å². The van der Waals surface area contributed by atoms with Gasteiger partial charge in [-0.25, -0.2) is 4.98 Å². The van der Waals surface area contributed by atoms with Gasteiger partial charge < -0.3 is 15.3 Å². The standard InChI is InChI=1S/C7H12N2O2S/c1-5(8)6(4-10)12-7-9-2-3-11-7/h2-3,5-6,10H,4,8H2,1H3. The van der Waals surface area contributed by atoms with Crippen LogP contribution in [0.3, 0.4) is 0 Å². The third-order valence-corrected chi connectivity index (χ3v) is 2.71. The van der Waals surface area contributed by atoms with Crippen LogP contribution in [0.15, 0.2) is 22.1 Å². The van der Waals surface area contributed by atoms with Crippen LogP contribution >= 0.6 is 11.8 Å². The second-order valence-corrected chi connectivity index (χ2v) is 3.69. The number of hydrogen-bond acceptors (Lipinski definition) is 5. The number of thioether (sulfide) groups is 1. The number of hydrogen-bond donors (Lipinski definition) is 2. The first-order valence-electron chi connectivity index (χ1n) is 3.66. The normalized spacial score (nSPS) is 15.9. The van der Waals surface area contributed by atoms with Crippen molar-refractivity contribution in [2.75, 3.05) is 6.61 Å². The molecule has 5 heteroatoms. The van der Waals surface area contributed by atoms with Gasteiger partial charge in [0.1, 0.15) is 6.26 Å². The molecule has 2 atom stereocenters. The molecule has 0 radical (unpaired) electrons. The fourth-order valence-corrected chi connectivity index (χ4v) is 1.49. The predicted octanol–water partition coefficient (Wildman–Crippen LogP) is 0.475. The van der Waals surface area contributed by atoms with Crippen molar-refractivity contribution >= 4 is 11.8 Å². The number of oxazole rings is 1. The van der Waals surface area contributed by atoms with E-state index in [1.807, 2.05) is 6.92 Å². The average molecular weight is 188 g/mol. The van der Waals surface area contributed by atoms with E-state index in [1.165, 1.54) is 18.0 Å². The first kappa shape index (κ1) is 9.57. The lowest BCUT2D eigenvalue weighted by Crippen LogP contribution is -2.31. The Morgan fingerprint density at radius 3 is 3.00 bits per heavy atom. The van der Waals surface area contributed by atoms with Gasteiger partial charge in [0.2, 0.25) is 0 Å². The molecule has 0 aromatic carbocycles. The van der Waals surface area contributed by atoms with Crippen molar-refractivity contribution < 1.29 is 9.52 Å². The monoisotopic (exact) mass is 188 g/mol. The minimum atomic E-state index is -0.0769. The van der Waals surface area contributed by atoms with Crippen molar-refractivity contribution in [3.63, 3.8) is 0 Å². The van der Waals surface area contributed by atoms with Gasteiger partial charge in [0.05, 0.1) is 18.1 Å². The summed E-state index contributed by atoms with van der Waals surface area (Å²) < 4.78 is 5.00. The molecule has 4 nitrogen and oxygen atoms in total. The molecule has 1 aromatic heterocycles. The Morgan fingerprint density at radius 2 is 2.58 bits per heavy atom. The molecular weight excluding hydrogens is 176 g/mol. The molecule has 0 fully saturated rings. The lowest BCUT2D eigenvalue weighted by Gasteiger charge is -2.14. The molecule has 0 saturated carbocycles. The highest BCUT2D eigenvalue weighted by atomic mass is 32.2. The van der Waals surface area contributed by atoms with Gasteiger partial charge in [-0.3, -0.25) is 0 Å². The van der Waals surface area contributed by atoms with Crippen LogP contribution < -0.4 is 5.73 Å². The maximum Gasteiger partial charge on any atom is 0.255 e. The first-order valence-corrected chi connectivity index (χ1v) is 4.54. The van der Waals surface area contributed by atoms with Crippen molar-refractivity contribution in [1.82, 2.24) is 4.98 Å². The van der Waals surface area contributed by atoms with E-state index in [2.05, 4.69) is 4.98 Å². The Kier molecular flexibility index (Phi) is 3.58. The van der Waals surface area contributed by atoms with Gasteiger partial charge >= 0.3 is 0 Å². The number of aliphatic hydroxyl groups is 1. The summed E-state index contributed by atoms with van der Waals surface area (Å²) >= 11 is 1.35. The fraction of sp³-hybridized carbons (Fsp3) is 0.571. The van der Waals surface area contributed by atoms with Gasteiger partial charge in [0, 0.05) is 6.04 Å². The summed E-state index contributed by atoms with van der Waals surface area (Å²) in [7, 11) is 0. The van der Waals surface area contributed by atoms with Gasteiger partial charge in [-0.1, -0.05) is 11.8 Å². The largest absolute Gasteiger partial charge is 0.440 e. The van der Waals surface area contributed by atoms with Crippen LogP contribution in [0.2, 0.25) is 0 Å². The van der Waals surface area contributed by atoms with Crippen LogP contribution in [0, 0.1) is 0 Å². The molecule has 0 aliphatic rings. The Morgan fingerprint density at radius 1 is 1.83 bits per heavy atom. The molecule has 2 unspecified atom stereocenters. The SMILES string of the molecule is CC(N)C(CO)Sc1ncco1. The fourth-order valence-electron chi connectivity index (χ4n) is 0.709. The van der Waals surface area contributed by atoms with Crippen LogP contribution in [0.25, 0.3) is 0 Å². The van der Waals surface area contributed by atoms with Gasteiger partial charge in [0.25, 0.3) is 5.22 Å². The predicted molar refractivity (Wildman–Crippen MR) is 46.9 cm³/mol. The molecule has 1 rings (SSSR count). The summed E-state index contributed by atoms with van der Waals surface area (Å²) in [5, 5.41) is 9.42. The highest BCUT2D eigenvalue weighted by Gasteiger charge is 2.16. The second-order valence-electron chi connectivity index (χ2n) is 2.50. The summed E-state index contributed by atoms with van der Waals surface area (Å²) in [5.41, 5.74) is 5.61. The van der Waals surface area contributed by atoms with E-state index in [0.29, 0.717) is 5.22 Å². The van der Waals surface area contributed by atoms with Crippen molar-refractivity contribution in [1.29, 1.82) is 0 Å². The smallest absolute Gasteiger partial charge is 0.255 e. The molecule has 3 N–H and O–H groups in total. The second kappa shape index (κ2) is 4.49. The number of rotatable bonds is 4. The third kappa shape index (κ3) is 2.51. The van der Waals surface area contributed by atoms with Crippen LogP contribution in [0.4, 0.5) is 0 Å². The maximum atomic E-state index is 8.92. The highest BCUT2D eigenvalue weighted by molar-refractivity contribution is 7.99. The lowest BCUT2D eigenvalue weighted by molar-refractivity contribution is 0.284. The first-order chi connectivity index (χ1) is 5.74. The molecule has 12 heavy (non-hydrogen) atoms. The summed E-state index contributed by atoms with van der Waals surface area (Å²) in [6, 6.07) is -0.0769. The minimum Gasteiger partial charge on any atom is -0.440 e. The highest BCUT2D eigenvalue weighted by Crippen LogP contribution is 2.22. The van der Waals surface area contributed by atoms with Crippen molar-refractivity contribution in [2.45, 2.75) is 23.4 Å². The molecule has 0 spiro atoms. The summed E-state index contributed by atoms with van der Waals surface area (Å²) in [4.78, 5) is 3.92. The summed E-state index contributed by atoms with van der Waals surface area (Å²) in [6.45, 7) is 1.88. The molecule has 0 saturated heterocycles. The van der Waals surface area contributed by atoms with E-state index in [-0.39, 0.29) is 17.9 Å². The Labute approximate surface area is 75.2 Å². The minimum absolute atomic E-state index is 0.0325. The average Bonchev–Trinajstić information content (AvgIpc) is 2.51. The Balaban J connectivity index is 2.48. The molecule has 0 aliphatic carbocycles. The summed E-state index contributed by atoms with van der Waals surface area (Å²) in [5.74, 6) is 0. The number of nitrogens with two attached hydrogens (primary N) is 1. The van der Waals surface area contributed by atoms with Crippen molar-refractivity contribution in [2.24, 2.45) is 5.73 Å². The molecule has 0 amide bonds. The third-order valence-electron chi connectivity index (χ3n) is 1.43. The van der Waals surface area contributed by atoms with Gasteiger partial charge in [-0.2, -0.15) is 0 Å². The zero-order valence-electron chi connectivity index (χ0n) is 6.80. The molecular formula is C7H12N2O2S. The van der Waals surface area contributed by atoms with Gasteiger partial charge in [0.15, 0.2) is 0 Å². The van der Waals surface area contributed by atoms with Gasteiger partial charge in [-0.15, -0.1) is 0 Å². The van der Waals surface area contributed by atoms with Crippen LogP contribution in [-0.4, -0.2) is 28.0 Å². The number of nitrogens with zero attached hydrogens (tertiary/aromatic N) is 1. The Hall–Kier alpha value is -0.520. The van der Waals surface area contributed by atoms with E-state index < -0.39 is 0 Å². The van der Waals surface area contributed by atoms with E-state index in [0.717, 1.165) is 0 Å². The molecule has 1 aromatic rings. The van der Waals surface area contributed by atoms with E-state index in [9.17, 15) is 0 Å².